The molecule has 0 bridgehead atoms. The Hall–Kier alpha value is -2.93. The maximum absolute atomic E-state index is 12.6. The van der Waals surface area contributed by atoms with Crippen LogP contribution < -0.4 is 10.6 Å². The molecule has 1 aliphatic rings. The summed E-state index contributed by atoms with van der Waals surface area (Å²) >= 11 is 0. The van der Waals surface area contributed by atoms with Gasteiger partial charge in [0.15, 0.2) is 0 Å². The summed E-state index contributed by atoms with van der Waals surface area (Å²) in [6, 6.07) is 9.36. The third kappa shape index (κ3) is 2.69. The lowest BCUT2D eigenvalue weighted by Crippen LogP contribution is -2.41. The van der Waals surface area contributed by atoms with Gasteiger partial charge in [-0.1, -0.05) is 18.2 Å². The Morgan fingerprint density at radius 3 is 3.12 bits per heavy atom. The van der Waals surface area contributed by atoms with Crippen LogP contribution in [-0.4, -0.2) is 32.2 Å². The topological polar surface area (TPSA) is 87.6 Å². The number of fused-ring (bicyclic) bond motifs is 1. The number of aromatic nitrogens is 4. The van der Waals surface area contributed by atoms with E-state index in [0.717, 1.165) is 35.6 Å². The SMILES string of the molecule is O=C(NCc1ccccc1-n1cccn1)C1NCCc2[nH]cnc21. The minimum Gasteiger partial charge on any atom is -0.350 e. The summed E-state index contributed by atoms with van der Waals surface area (Å²) in [5.41, 5.74) is 3.79. The molecule has 7 nitrogen and oxygen atoms in total. The fourth-order valence-corrected chi connectivity index (χ4v) is 3.02. The number of carbonyl (C=O) groups is 1. The van der Waals surface area contributed by atoms with Crippen LogP contribution in [0.1, 0.15) is 23.0 Å². The lowest BCUT2D eigenvalue weighted by Gasteiger charge is -2.22. The maximum Gasteiger partial charge on any atom is 0.243 e. The van der Waals surface area contributed by atoms with Crippen LogP contribution in [0, 0.1) is 0 Å². The highest BCUT2D eigenvalue weighted by Crippen LogP contribution is 2.20. The summed E-state index contributed by atoms with van der Waals surface area (Å²) in [6.07, 6.45) is 6.13. The number of benzene rings is 1. The van der Waals surface area contributed by atoms with E-state index in [1.165, 1.54) is 0 Å². The maximum atomic E-state index is 12.6. The number of aromatic amines is 1. The molecule has 3 N–H and O–H groups in total. The molecule has 1 amide bonds. The van der Waals surface area contributed by atoms with Gasteiger partial charge in [-0.05, 0) is 17.7 Å². The van der Waals surface area contributed by atoms with Gasteiger partial charge in [-0.2, -0.15) is 5.10 Å². The number of rotatable bonds is 4. The van der Waals surface area contributed by atoms with Crippen LogP contribution in [0.2, 0.25) is 0 Å². The van der Waals surface area contributed by atoms with Crippen molar-refractivity contribution in [1.29, 1.82) is 0 Å². The molecule has 4 rings (SSSR count). The van der Waals surface area contributed by atoms with E-state index >= 15 is 0 Å². The molecule has 0 radical (unpaired) electrons. The monoisotopic (exact) mass is 322 g/mol. The van der Waals surface area contributed by atoms with Gasteiger partial charge in [0.1, 0.15) is 6.04 Å². The summed E-state index contributed by atoms with van der Waals surface area (Å²) in [6.45, 7) is 1.20. The largest absolute Gasteiger partial charge is 0.350 e. The van der Waals surface area contributed by atoms with Crippen molar-refractivity contribution in [3.05, 3.63) is 66.0 Å². The van der Waals surface area contributed by atoms with Crippen molar-refractivity contribution in [2.75, 3.05) is 6.54 Å². The molecule has 122 valence electrons. The van der Waals surface area contributed by atoms with Gasteiger partial charge in [0.05, 0.1) is 17.7 Å². The summed E-state index contributed by atoms with van der Waals surface area (Å²) < 4.78 is 1.80. The molecule has 1 atom stereocenters. The van der Waals surface area contributed by atoms with Gasteiger partial charge >= 0.3 is 0 Å². The van der Waals surface area contributed by atoms with Crippen molar-refractivity contribution in [3.8, 4) is 5.69 Å². The summed E-state index contributed by atoms with van der Waals surface area (Å²) in [7, 11) is 0. The Balaban J connectivity index is 1.50. The molecule has 0 aliphatic carbocycles. The second kappa shape index (κ2) is 6.29. The molecule has 1 unspecified atom stereocenters. The van der Waals surface area contributed by atoms with E-state index in [2.05, 4.69) is 25.7 Å². The first-order valence-corrected chi connectivity index (χ1v) is 7.94. The van der Waals surface area contributed by atoms with Gasteiger partial charge in [0.25, 0.3) is 0 Å². The highest BCUT2D eigenvalue weighted by atomic mass is 16.2. The Morgan fingerprint density at radius 1 is 1.33 bits per heavy atom. The standard InChI is InChI=1S/C17H18N6O/c24-17(16-15-13(6-8-18-16)20-11-21-15)19-10-12-4-1-2-5-14(12)23-9-3-7-22-23/h1-5,7,9,11,16,18H,6,8,10H2,(H,19,24)(H,20,21). The van der Waals surface area contributed by atoms with Gasteiger partial charge in [-0.3, -0.25) is 4.79 Å². The van der Waals surface area contributed by atoms with Crippen molar-refractivity contribution >= 4 is 5.91 Å². The number of nitrogens with zero attached hydrogens (tertiary/aromatic N) is 3. The van der Waals surface area contributed by atoms with E-state index in [0.29, 0.717) is 6.54 Å². The van der Waals surface area contributed by atoms with Gasteiger partial charge < -0.3 is 15.6 Å². The zero-order chi connectivity index (χ0) is 16.4. The minimum atomic E-state index is -0.406. The predicted octanol–water partition coefficient (Wildman–Crippen LogP) is 1.10. The van der Waals surface area contributed by atoms with Crippen LogP contribution in [0.15, 0.2) is 49.1 Å². The molecule has 0 spiro atoms. The molecule has 24 heavy (non-hydrogen) atoms. The van der Waals surface area contributed by atoms with E-state index < -0.39 is 6.04 Å². The average molecular weight is 322 g/mol. The van der Waals surface area contributed by atoms with Crippen molar-refractivity contribution in [2.45, 2.75) is 19.0 Å². The second-order valence-electron chi connectivity index (χ2n) is 5.70. The molecular weight excluding hydrogens is 304 g/mol. The van der Waals surface area contributed by atoms with Gasteiger partial charge in [0.2, 0.25) is 5.91 Å². The van der Waals surface area contributed by atoms with E-state index in [1.807, 2.05) is 36.5 Å². The van der Waals surface area contributed by atoms with Gasteiger partial charge in [0, 0.05) is 37.6 Å². The van der Waals surface area contributed by atoms with E-state index in [9.17, 15) is 4.79 Å². The third-order valence-corrected chi connectivity index (χ3v) is 4.21. The van der Waals surface area contributed by atoms with Gasteiger partial charge in [-0.15, -0.1) is 0 Å². The third-order valence-electron chi connectivity index (χ3n) is 4.21. The zero-order valence-corrected chi connectivity index (χ0v) is 13.1. The van der Waals surface area contributed by atoms with Crippen LogP contribution in [0.5, 0.6) is 0 Å². The first-order chi connectivity index (χ1) is 11.8. The van der Waals surface area contributed by atoms with E-state index in [1.54, 1.807) is 17.2 Å². The normalized spacial score (nSPS) is 16.6. The van der Waals surface area contributed by atoms with Crippen molar-refractivity contribution < 1.29 is 4.79 Å². The van der Waals surface area contributed by atoms with Crippen molar-refractivity contribution in [3.63, 3.8) is 0 Å². The molecule has 0 saturated carbocycles. The zero-order valence-electron chi connectivity index (χ0n) is 13.1. The number of nitrogens with one attached hydrogen (secondary N) is 3. The summed E-state index contributed by atoms with van der Waals surface area (Å²) in [5.74, 6) is -0.0710. The van der Waals surface area contributed by atoms with Crippen LogP contribution in [0.3, 0.4) is 0 Å². The quantitative estimate of drug-likeness (QED) is 0.671. The Morgan fingerprint density at radius 2 is 2.25 bits per heavy atom. The number of imidazole rings is 1. The van der Waals surface area contributed by atoms with Gasteiger partial charge in [-0.25, -0.2) is 9.67 Å². The van der Waals surface area contributed by atoms with Crippen molar-refractivity contribution in [1.82, 2.24) is 30.4 Å². The number of para-hydroxylation sites is 1. The number of hydrogen-bond acceptors (Lipinski definition) is 4. The van der Waals surface area contributed by atoms with Crippen LogP contribution in [-0.2, 0) is 17.8 Å². The van der Waals surface area contributed by atoms with Crippen LogP contribution >= 0.6 is 0 Å². The number of amides is 1. The molecular formula is C17H18N6O. The highest BCUT2D eigenvalue weighted by molar-refractivity contribution is 5.83. The lowest BCUT2D eigenvalue weighted by atomic mass is 10.0. The lowest BCUT2D eigenvalue weighted by molar-refractivity contribution is -0.123. The molecule has 1 aliphatic heterocycles. The summed E-state index contributed by atoms with van der Waals surface area (Å²) in [4.78, 5) is 20.0. The predicted molar refractivity (Wildman–Crippen MR) is 88.4 cm³/mol. The Bertz CT molecular complexity index is 838. The van der Waals surface area contributed by atoms with Crippen LogP contribution in [0.25, 0.3) is 5.69 Å². The fraction of sp³-hybridized carbons (Fsp3) is 0.235. The molecule has 7 heteroatoms. The number of carbonyl (C=O) groups excluding carboxylic acids is 1. The van der Waals surface area contributed by atoms with E-state index in [4.69, 9.17) is 0 Å². The molecule has 1 aromatic carbocycles. The summed E-state index contributed by atoms with van der Waals surface area (Å²) in [5, 5.41) is 10.5. The molecule has 0 fully saturated rings. The minimum absolute atomic E-state index is 0.0710. The Kier molecular flexibility index (Phi) is 3.84. The smallest absolute Gasteiger partial charge is 0.243 e. The molecule has 2 aromatic heterocycles. The second-order valence-corrected chi connectivity index (χ2v) is 5.70. The van der Waals surface area contributed by atoms with E-state index in [-0.39, 0.29) is 5.91 Å². The molecule has 3 heterocycles. The Labute approximate surface area is 139 Å². The molecule has 0 saturated heterocycles. The first kappa shape index (κ1) is 14.6. The highest BCUT2D eigenvalue weighted by Gasteiger charge is 2.28. The molecule has 3 aromatic rings. The number of H-pyrrole nitrogens is 1. The first-order valence-electron chi connectivity index (χ1n) is 7.94. The fourth-order valence-electron chi connectivity index (χ4n) is 3.02. The van der Waals surface area contributed by atoms with Crippen LogP contribution in [0.4, 0.5) is 0 Å². The average Bonchev–Trinajstić information content (AvgIpc) is 3.30. The number of hydrogen-bond donors (Lipinski definition) is 3. The van der Waals surface area contributed by atoms with Crippen molar-refractivity contribution in [2.24, 2.45) is 0 Å².